The first-order valence-corrected chi connectivity index (χ1v) is 7.86. The number of fused-ring (bicyclic) bond motifs is 1. The van der Waals surface area contributed by atoms with E-state index in [4.69, 9.17) is 4.42 Å². The van der Waals surface area contributed by atoms with Crippen molar-refractivity contribution in [3.63, 3.8) is 0 Å². The second-order valence-electron chi connectivity index (χ2n) is 5.36. The average molecular weight is 299 g/mol. The summed E-state index contributed by atoms with van der Waals surface area (Å²) < 4.78 is 5.62. The molecule has 21 heavy (non-hydrogen) atoms. The predicted octanol–water partition coefficient (Wildman–Crippen LogP) is 4.62. The summed E-state index contributed by atoms with van der Waals surface area (Å²) in [5, 5.41) is 6.04. The van der Waals surface area contributed by atoms with Crippen LogP contribution in [-0.4, -0.2) is 5.91 Å². The van der Waals surface area contributed by atoms with E-state index in [0.717, 1.165) is 15.8 Å². The quantitative estimate of drug-likeness (QED) is 0.763. The Morgan fingerprint density at radius 1 is 1.19 bits per heavy atom. The SMILES string of the molecule is CC(C)[C@H](NC(=O)c1cc2ccccc2o1)c1cccs1. The fourth-order valence-corrected chi connectivity index (χ4v) is 3.29. The zero-order valence-corrected chi connectivity index (χ0v) is 12.8. The van der Waals surface area contributed by atoms with Gasteiger partial charge in [0, 0.05) is 10.3 Å². The molecule has 1 aromatic carbocycles. The molecule has 1 atom stereocenters. The summed E-state index contributed by atoms with van der Waals surface area (Å²) in [7, 11) is 0. The number of benzene rings is 1. The topological polar surface area (TPSA) is 42.2 Å². The molecule has 0 radical (unpaired) electrons. The molecule has 2 aromatic heterocycles. The third-order valence-corrected chi connectivity index (χ3v) is 4.41. The molecule has 0 aliphatic carbocycles. The van der Waals surface area contributed by atoms with E-state index in [1.165, 1.54) is 0 Å². The Morgan fingerprint density at radius 2 is 2.00 bits per heavy atom. The number of hydrogen-bond acceptors (Lipinski definition) is 3. The highest BCUT2D eigenvalue weighted by atomic mass is 32.1. The van der Waals surface area contributed by atoms with Gasteiger partial charge in [-0.15, -0.1) is 11.3 Å². The summed E-state index contributed by atoms with van der Waals surface area (Å²) in [5.41, 5.74) is 0.736. The van der Waals surface area contributed by atoms with E-state index in [1.54, 1.807) is 17.4 Å². The molecule has 4 heteroatoms. The Labute approximate surface area is 127 Å². The van der Waals surface area contributed by atoms with Gasteiger partial charge in [0.1, 0.15) is 5.58 Å². The molecule has 0 unspecified atom stereocenters. The number of hydrogen-bond donors (Lipinski definition) is 1. The number of rotatable bonds is 4. The van der Waals surface area contributed by atoms with E-state index in [-0.39, 0.29) is 11.9 Å². The molecule has 1 amide bonds. The van der Waals surface area contributed by atoms with Gasteiger partial charge in [-0.25, -0.2) is 0 Å². The van der Waals surface area contributed by atoms with Crippen LogP contribution in [0.15, 0.2) is 52.3 Å². The molecular formula is C17H17NO2S. The molecule has 1 N–H and O–H groups in total. The molecular weight excluding hydrogens is 282 g/mol. The number of carbonyl (C=O) groups is 1. The first-order chi connectivity index (χ1) is 10.1. The minimum atomic E-state index is -0.168. The lowest BCUT2D eigenvalue weighted by Gasteiger charge is -2.20. The maximum atomic E-state index is 12.4. The number of thiophene rings is 1. The Morgan fingerprint density at radius 3 is 2.67 bits per heavy atom. The third-order valence-electron chi connectivity index (χ3n) is 3.45. The van der Waals surface area contributed by atoms with Crippen molar-refractivity contribution in [3.05, 3.63) is 58.5 Å². The highest BCUT2D eigenvalue weighted by Gasteiger charge is 2.21. The molecule has 2 heterocycles. The summed E-state index contributed by atoms with van der Waals surface area (Å²) in [6.07, 6.45) is 0. The van der Waals surface area contributed by atoms with E-state index in [9.17, 15) is 4.79 Å². The van der Waals surface area contributed by atoms with Crippen molar-refractivity contribution in [1.82, 2.24) is 5.32 Å². The number of carbonyl (C=O) groups excluding carboxylic acids is 1. The molecule has 0 spiro atoms. The van der Waals surface area contributed by atoms with E-state index < -0.39 is 0 Å². The third kappa shape index (κ3) is 2.85. The summed E-state index contributed by atoms with van der Waals surface area (Å²) >= 11 is 1.66. The lowest BCUT2D eigenvalue weighted by molar-refractivity contribution is 0.0900. The van der Waals surface area contributed by atoms with Gasteiger partial charge in [-0.05, 0) is 29.5 Å². The van der Waals surface area contributed by atoms with Gasteiger partial charge in [-0.2, -0.15) is 0 Å². The zero-order valence-electron chi connectivity index (χ0n) is 12.0. The van der Waals surface area contributed by atoms with Crippen LogP contribution in [0.2, 0.25) is 0 Å². The molecule has 0 fully saturated rings. The standard InChI is InChI=1S/C17H17NO2S/c1-11(2)16(15-8-5-9-21-15)18-17(19)14-10-12-6-3-4-7-13(12)20-14/h3-11,16H,1-2H3,(H,18,19)/t16-/m0/s1. The van der Waals surface area contributed by atoms with E-state index in [1.807, 2.05) is 41.8 Å². The van der Waals surface area contributed by atoms with Crippen molar-refractivity contribution < 1.29 is 9.21 Å². The minimum absolute atomic E-state index is 0.00529. The minimum Gasteiger partial charge on any atom is -0.451 e. The molecule has 3 rings (SSSR count). The molecule has 3 aromatic rings. The van der Waals surface area contributed by atoms with E-state index in [2.05, 4.69) is 19.2 Å². The molecule has 0 saturated heterocycles. The van der Waals surface area contributed by atoms with Crippen LogP contribution < -0.4 is 5.32 Å². The number of amides is 1. The van der Waals surface area contributed by atoms with Gasteiger partial charge in [0.15, 0.2) is 5.76 Å². The summed E-state index contributed by atoms with van der Waals surface area (Å²) in [5.74, 6) is 0.508. The van der Waals surface area contributed by atoms with Crippen molar-refractivity contribution in [2.75, 3.05) is 0 Å². The molecule has 0 saturated carbocycles. The second kappa shape index (κ2) is 5.74. The number of furan rings is 1. The van der Waals surface area contributed by atoms with Crippen molar-refractivity contribution in [3.8, 4) is 0 Å². The Kier molecular flexibility index (Phi) is 3.80. The summed E-state index contributed by atoms with van der Waals surface area (Å²) in [6, 6.07) is 13.5. The normalized spacial score (nSPS) is 12.7. The van der Waals surface area contributed by atoms with Crippen LogP contribution in [0.1, 0.15) is 35.3 Å². The van der Waals surface area contributed by atoms with E-state index in [0.29, 0.717) is 11.7 Å². The first-order valence-electron chi connectivity index (χ1n) is 6.98. The molecule has 108 valence electrons. The predicted molar refractivity (Wildman–Crippen MR) is 85.6 cm³/mol. The Bertz CT molecular complexity index is 710. The van der Waals surface area contributed by atoms with Crippen molar-refractivity contribution in [2.24, 2.45) is 5.92 Å². The lowest BCUT2D eigenvalue weighted by Crippen LogP contribution is -2.30. The monoisotopic (exact) mass is 299 g/mol. The largest absolute Gasteiger partial charge is 0.451 e. The maximum absolute atomic E-state index is 12.4. The van der Waals surface area contributed by atoms with Gasteiger partial charge in [0.05, 0.1) is 6.04 Å². The molecule has 0 aliphatic rings. The second-order valence-corrected chi connectivity index (χ2v) is 6.34. The first kappa shape index (κ1) is 13.9. The number of nitrogens with one attached hydrogen (secondary N) is 1. The molecule has 3 nitrogen and oxygen atoms in total. The van der Waals surface area contributed by atoms with Crippen LogP contribution in [0.4, 0.5) is 0 Å². The van der Waals surface area contributed by atoms with Gasteiger partial charge in [-0.3, -0.25) is 4.79 Å². The Hall–Kier alpha value is -2.07. The Balaban J connectivity index is 1.84. The average Bonchev–Trinajstić information content (AvgIpc) is 3.12. The van der Waals surface area contributed by atoms with Crippen molar-refractivity contribution in [1.29, 1.82) is 0 Å². The summed E-state index contributed by atoms with van der Waals surface area (Å²) in [4.78, 5) is 13.6. The van der Waals surface area contributed by atoms with Crippen LogP contribution in [0, 0.1) is 5.92 Å². The van der Waals surface area contributed by atoms with Gasteiger partial charge in [0.25, 0.3) is 5.91 Å². The molecule has 0 aliphatic heterocycles. The fourth-order valence-electron chi connectivity index (χ4n) is 2.34. The van der Waals surface area contributed by atoms with Crippen LogP contribution in [0.25, 0.3) is 11.0 Å². The highest BCUT2D eigenvalue weighted by Crippen LogP contribution is 2.27. The maximum Gasteiger partial charge on any atom is 0.287 e. The van der Waals surface area contributed by atoms with Crippen LogP contribution in [0.3, 0.4) is 0 Å². The van der Waals surface area contributed by atoms with E-state index >= 15 is 0 Å². The summed E-state index contributed by atoms with van der Waals surface area (Å²) in [6.45, 7) is 4.20. The smallest absolute Gasteiger partial charge is 0.287 e. The van der Waals surface area contributed by atoms with Gasteiger partial charge < -0.3 is 9.73 Å². The van der Waals surface area contributed by atoms with Crippen molar-refractivity contribution >= 4 is 28.2 Å². The number of para-hydroxylation sites is 1. The highest BCUT2D eigenvalue weighted by molar-refractivity contribution is 7.10. The van der Waals surface area contributed by atoms with Gasteiger partial charge in [-0.1, -0.05) is 38.1 Å². The zero-order chi connectivity index (χ0) is 14.8. The fraction of sp³-hybridized carbons (Fsp3) is 0.235. The van der Waals surface area contributed by atoms with Crippen molar-refractivity contribution in [2.45, 2.75) is 19.9 Å². The van der Waals surface area contributed by atoms with Gasteiger partial charge in [0.2, 0.25) is 0 Å². The van der Waals surface area contributed by atoms with Crippen LogP contribution >= 0.6 is 11.3 Å². The van der Waals surface area contributed by atoms with Crippen LogP contribution in [0.5, 0.6) is 0 Å². The molecule has 0 bridgehead atoms. The lowest BCUT2D eigenvalue weighted by atomic mass is 10.0. The van der Waals surface area contributed by atoms with Gasteiger partial charge >= 0.3 is 0 Å². The van der Waals surface area contributed by atoms with Crippen LogP contribution in [-0.2, 0) is 0 Å².